The van der Waals surface area contributed by atoms with Crippen molar-refractivity contribution in [2.45, 2.75) is 50.6 Å². The van der Waals surface area contributed by atoms with Gasteiger partial charge in [0.15, 0.2) is 11.5 Å². The summed E-state index contributed by atoms with van der Waals surface area (Å²) in [5.41, 5.74) is 1.30. The van der Waals surface area contributed by atoms with E-state index in [4.69, 9.17) is 14.2 Å². The third-order valence-electron chi connectivity index (χ3n) is 6.87. The Bertz CT molecular complexity index is 1210. The molecule has 2 aliphatic rings. The highest BCUT2D eigenvalue weighted by Crippen LogP contribution is 2.38. The molecule has 1 aromatic heterocycles. The van der Waals surface area contributed by atoms with Crippen molar-refractivity contribution in [3.05, 3.63) is 70.4 Å². The molecule has 7 nitrogen and oxygen atoms in total. The quantitative estimate of drug-likeness (QED) is 0.437. The highest BCUT2D eigenvalue weighted by molar-refractivity contribution is 7.10. The lowest BCUT2D eigenvalue weighted by Crippen LogP contribution is -2.47. The molecular weight excluding hydrogens is 488 g/mol. The van der Waals surface area contributed by atoms with Gasteiger partial charge in [-0.1, -0.05) is 37.5 Å². The van der Waals surface area contributed by atoms with Crippen LogP contribution in [0.3, 0.4) is 0 Å². The molecule has 1 aliphatic heterocycles. The first-order chi connectivity index (χ1) is 18.1. The van der Waals surface area contributed by atoms with Gasteiger partial charge in [-0.05, 0) is 54.1 Å². The van der Waals surface area contributed by atoms with Crippen LogP contribution in [0.1, 0.15) is 48.6 Å². The van der Waals surface area contributed by atoms with E-state index in [9.17, 15) is 9.59 Å². The summed E-state index contributed by atoms with van der Waals surface area (Å²) < 4.78 is 16.9. The van der Waals surface area contributed by atoms with Gasteiger partial charge in [0.2, 0.25) is 11.8 Å². The normalized spacial score (nSPS) is 16.0. The van der Waals surface area contributed by atoms with E-state index in [2.05, 4.69) is 5.32 Å². The summed E-state index contributed by atoms with van der Waals surface area (Å²) >= 11 is 1.53. The Morgan fingerprint density at radius 1 is 1.03 bits per heavy atom. The molecular formula is C29H32N2O5S. The molecule has 8 heteroatoms. The summed E-state index contributed by atoms with van der Waals surface area (Å²) in [5.74, 6) is 1.53. The molecule has 194 valence electrons. The van der Waals surface area contributed by atoms with Crippen LogP contribution in [-0.4, -0.2) is 38.2 Å². The monoisotopic (exact) mass is 520 g/mol. The van der Waals surface area contributed by atoms with Crippen LogP contribution in [0.5, 0.6) is 17.2 Å². The summed E-state index contributed by atoms with van der Waals surface area (Å²) in [5, 5.41) is 5.21. The van der Waals surface area contributed by atoms with E-state index in [0.717, 1.165) is 30.6 Å². The van der Waals surface area contributed by atoms with E-state index in [1.807, 2.05) is 47.8 Å². The molecule has 3 aromatic rings. The second-order valence-corrected chi connectivity index (χ2v) is 10.4. The zero-order valence-corrected chi connectivity index (χ0v) is 21.8. The average Bonchev–Trinajstić information content (AvgIpc) is 3.45. The first kappa shape index (κ1) is 25.1. The van der Waals surface area contributed by atoms with Crippen molar-refractivity contribution in [2.75, 3.05) is 25.2 Å². The maximum absolute atomic E-state index is 14.0. The molecule has 1 fully saturated rings. The number of fused-ring (bicyclic) bond motifs is 1. The van der Waals surface area contributed by atoms with E-state index in [-0.39, 0.29) is 24.3 Å². The number of anilines is 1. The summed E-state index contributed by atoms with van der Waals surface area (Å²) in [7, 11) is 1.61. The lowest BCUT2D eigenvalue weighted by molar-refractivity contribution is -0.127. The first-order valence-corrected chi connectivity index (χ1v) is 13.7. The molecule has 0 radical (unpaired) electrons. The SMILES string of the molecule is COc1ccc(C(C(=O)NC2CCCCC2)N(C(=O)Cc2cccs2)c2ccc3c(c2)OCCO3)cc1. The zero-order valence-electron chi connectivity index (χ0n) is 21.0. The molecule has 0 saturated heterocycles. The van der Waals surface area contributed by atoms with Crippen molar-refractivity contribution in [3.63, 3.8) is 0 Å². The van der Waals surface area contributed by atoms with Crippen LogP contribution in [0.25, 0.3) is 0 Å². The van der Waals surface area contributed by atoms with Crippen LogP contribution in [0.2, 0.25) is 0 Å². The fourth-order valence-electron chi connectivity index (χ4n) is 5.00. The highest BCUT2D eigenvalue weighted by Gasteiger charge is 2.35. The van der Waals surface area contributed by atoms with Gasteiger partial charge >= 0.3 is 0 Å². The van der Waals surface area contributed by atoms with Crippen molar-refractivity contribution >= 4 is 28.8 Å². The highest BCUT2D eigenvalue weighted by atomic mass is 32.1. The Kier molecular flexibility index (Phi) is 7.94. The standard InChI is InChI=1S/C29H32N2O5S/c1-34-23-12-9-20(10-13-23)28(29(33)30-21-6-3-2-4-7-21)31(27(32)19-24-8-5-17-37-24)22-11-14-25-26(18-22)36-16-15-35-25/h5,8-14,17-18,21,28H,2-4,6-7,15-16,19H2,1H3,(H,30,33). The van der Waals surface area contributed by atoms with E-state index in [1.54, 1.807) is 24.1 Å². The van der Waals surface area contributed by atoms with Crippen LogP contribution in [0, 0.1) is 0 Å². The van der Waals surface area contributed by atoms with Gasteiger partial charge in [0, 0.05) is 22.7 Å². The second kappa shape index (κ2) is 11.7. The topological polar surface area (TPSA) is 77.1 Å². The van der Waals surface area contributed by atoms with Crippen LogP contribution in [0.15, 0.2) is 60.0 Å². The second-order valence-electron chi connectivity index (χ2n) is 9.37. The summed E-state index contributed by atoms with van der Waals surface area (Å²) in [6, 6.07) is 15.9. The molecule has 37 heavy (non-hydrogen) atoms. The summed E-state index contributed by atoms with van der Waals surface area (Å²) in [6.07, 6.45) is 5.48. The Morgan fingerprint density at radius 2 is 1.78 bits per heavy atom. The molecule has 1 saturated carbocycles. The van der Waals surface area contributed by atoms with Gasteiger partial charge in [0.25, 0.3) is 0 Å². The van der Waals surface area contributed by atoms with Gasteiger partial charge in [-0.25, -0.2) is 0 Å². The number of thiophene rings is 1. The number of hydrogen-bond donors (Lipinski definition) is 1. The minimum Gasteiger partial charge on any atom is -0.497 e. The number of benzene rings is 2. The summed E-state index contributed by atoms with van der Waals surface area (Å²) in [4.78, 5) is 30.5. The van der Waals surface area contributed by atoms with Crippen molar-refractivity contribution < 1.29 is 23.8 Å². The molecule has 2 aromatic carbocycles. The molecule has 2 amide bonds. The van der Waals surface area contributed by atoms with Gasteiger partial charge in [-0.2, -0.15) is 0 Å². The Morgan fingerprint density at radius 3 is 2.49 bits per heavy atom. The van der Waals surface area contributed by atoms with Crippen molar-refractivity contribution in [2.24, 2.45) is 0 Å². The number of rotatable bonds is 8. The molecule has 1 aliphatic carbocycles. The molecule has 1 unspecified atom stereocenters. The fraction of sp³-hybridized carbons (Fsp3) is 0.379. The largest absolute Gasteiger partial charge is 0.497 e. The van der Waals surface area contributed by atoms with Crippen LogP contribution in [0.4, 0.5) is 5.69 Å². The van der Waals surface area contributed by atoms with Crippen molar-refractivity contribution in [1.82, 2.24) is 5.32 Å². The Hall–Kier alpha value is -3.52. The zero-order chi connectivity index (χ0) is 25.6. The third-order valence-corrected chi connectivity index (χ3v) is 7.74. The number of ether oxygens (including phenoxy) is 3. The van der Waals surface area contributed by atoms with Crippen LogP contribution in [-0.2, 0) is 16.0 Å². The number of amides is 2. The van der Waals surface area contributed by atoms with E-state index < -0.39 is 6.04 Å². The van der Waals surface area contributed by atoms with Gasteiger partial charge in [0.05, 0.1) is 13.5 Å². The van der Waals surface area contributed by atoms with Crippen LogP contribution >= 0.6 is 11.3 Å². The lowest BCUT2D eigenvalue weighted by Gasteiger charge is -2.34. The Labute approximate surface area is 221 Å². The van der Waals surface area contributed by atoms with Gasteiger partial charge in [0.1, 0.15) is 25.0 Å². The maximum atomic E-state index is 14.0. The number of methoxy groups -OCH3 is 1. The maximum Gasteiger partial charge on any atom is 0.248 e. The van der Waals surface area contributed by atoms with Gasteiger partial charge in [-0.3, -0.25) is 14.5 Å². The van der Waals surface area contributed by atoms with E-state index >= 15 is 0 Å². The molecule has 0 spiro atoms. The van der Waals surface area contributed by atoms with Crippen LogP contribution < -0.4 is 24.4 Å². The summed E-state index contributed by atoms with van der Waals surface area (Å²) in [6.45, 7) is 0.912. The predicted molar refractivity (Wildman–Crippen MR) is 144 cm³/mol. The van der Waals surface area contributed by atoms with E-state index in [0.29, 0.717) is 41.7 Å². The van der Waals surface area contributed by atoms with Crippen molar-refractivity contribution in [3.8, 4) is 17.2 Å². The number of nitrogens with one attached hydrogen (secondary N) is 1. The molecule has 1 N–H and O–H groups in total. The molecule has 1 atom stereocenters. The van der Waals surface area contributed by atoms with Gasteiger partial charge < -0.3 is 19.5 Å². The smallest absolute Gasteiger partial charge is 0.248 e. The number of carbonyl (C=O) groups excluding carboxylic acids is 2. The first-order valence-electron chi connectivity index (χ1n) is 12.8. The number of hydrogen-bond acceptors (Lipinski definition) is 6. The predicted octanol–water partition coefficient (Wildman–Crippen LogP) is 5.29. The molecule has 0 bridgehead atoms. The molecule has 5 rings (SSSR count). The fourth-order valence-corrected chi connectivity index (χ4v) is 5.69. The Balaban J connectivity index is 1.56. The lowest BCUT2D eigenvalue weighted by atomic mass is 9.94. The average molecular weight is 521 g/mol. The van der Waals surface area contributed by atoms with Gasteiger partial charge in [-0.15, -0.1) is 11.3 Å². The number of nitrogens with zero attached hydrogens (tertiary/aromatic N) is 1. The third kappa shape index (κ3) is 5.91. The number of carbonyl (C=O) groups is 2. The minimum absolute atomic E-state index is 0.108. The van der Waals surface area contributed by atoms with E-state index in [1.165, 1.54) is 17.8 Å². The van der Waals surface area contributed by atoms with Crippen molar-refractivity contribution in [1.29, 1.82) is 0 Å². The minimum atomic E-state index is -0.858. The molecule has 2 heterocycles.